The zero-order valence-corrected chi connectivity index (χ0v) is 23.8. The molecular weight excluding hydrogens is 523 g/mol. The molecule has 0 amide bonds. The molecule has 7 heteroatoms. The normalized spacial score (nSPS) is 19.6. The largest absolute Gasteiger partial charge is 0.491 e. The van der Waals surface area contributed by atoms with Crippen LogP contribution in [-0.4, -0.2) is 34.2 Å². The lowest BCUT2D eigenvalue weighted by atomic mass is 9.84. The number of H-pyrrole nitrogens is 1. The third kappa shape index (κ3) is 5.03. The van der Waals surface area contributed by atoms with Crippen molar-refractivity contribution in [1.82, 2.24) is 14.9 Å². The summed E-state index contributed by atoms with van der Waals surface area (Å²) in [5.74, 6) is 0.567. The first kappa shape index (κ1) is 27.2. The quantitative estimate of drug-likeness (QED) is 0.279. The van der Waals surface area contributed by atoms with Crippen molar-refractivity contribution in [3.8, 4) is 16.9 Å². The molecule has 41 heavy (non-hydrogen) atoms. The number of hydrogen-bond acceptors (Lipinski definition) is 3. The van der Waals surface area contributed by atoms with Crippen LogP contribution in [0.25, 0.3) is 33.4 Å². The minimum absolute atomic E-state index is 0.390. The fourth-order valence-electron chi connectivity index (χ4n) is 6.31. The van der Waals surface area contributed by atoms with Gasteiger partial charge in [-0.05, 0) is 60.9 Å². The number of aromatic nitrogens is 2. The molecule has 0 bridgehead atoms. The van der Waals surface area contributed by atoms with Gasteiger partial charge in [-0.3, -0.25) is 0 Å². The van der Waals surface area contributed by atoms with Crippen molar-refractivity contribution in [3.05, 3.63) is 94.1 Å². The van der Waals surface area contributed by atoms with Crippen molar-refractivity contribution >= 4 is 22.3 Å². The summed E-state index contributed by atoms with van der Waals surface area (Å²) < 4.78 is 49.3. The summed E-state index contributed by atoms with van der Waals surface area (Å²) in [6, 6.07) is 20.3. The van der Waals surface area contributed by atoms with Gasteiger partial charge in [0, 0.05) is 40.4 Å². The summed E-state index contributed by atoms with van der Waals surface area (Å²) in [4.78, 5) is 10.1. The maximum Gasteiger partial charge on any atom is 0.412 e. The van der Waals surface area contributed by atoms with Crippen LogP contribution < -0.4 is 15.2 Å². The van der Waals surface area contributed by atoms with Gasteiger partial charge in [0.05, 0.1) is 17.6 Å². The molecule has 0 fully saturated rings. The van der Waals surface area contributed by atoms with Gasteiger partial charge in [-0.25, -0.2) is 4.98 Å². The Hall–Kier alpha value is -4.00. The molecule has 1 N–H and O–H groups in total. The SMILES string of the molecule is CCC1C=C(C(F)(F)F)C(C)C(C)=c2ccccc2=C1N1CCOc2ccc(-c3ccc4nc(C)[nH]c4c3)cc2C1. The summed E-state index contributed by atoms with van der Waals surface area (Å²) in [7, 11) is 0. The number of allylic oxidation sites excluding steroid dienone is 1. The third-order valence-electron chi connectivity index (χ3n) is 8.56. The molecule has 4 nitrogen and oxygen atoms in total. The Morgan fingerprint density at radius 1 is 1.00 bits per heavy atom. The number of hydrogen-bond donors (Lipinski definition) is 1. The molecule has 0 spiro atoms. The zero-order valence-electron chi connectivity index (χ0n) is 23.8. The molecule has 2 atom stereocenters. The van der Waals surface area contributed by atoms with E-state index in [2.05, 4.69) is 45.2 Å². The van der Waals surface area contributed by atoms with Gasteiger partial charge in [-0.1, -0.05) is 61.9 Å². The molecule has 212 valence electrons. The Morgan fingerprint density at radius 2 is 1.73 bits per heavy atom. The monoisotopic (exact) mass is 557 g/mol. The molecule has 1 aliphatic carbocycles. The maximum atomic E-state index is 14.4. The lowest BCUT2D eigenvalue weighted by Crippen LogP contribution is -2.41. The fourth-order valence-corrected chi connectivity index (χ4v) is 6.31. The number of nitrogens with one attached hydrogen (secondary N) is 1. The van der Waals surface area contributed by atoms with Crippen LogP contribution in [0.15, 0.2) is 72.3 Å². The molecule has 1 aliphatic heterocycles. The Bertz CT molecular complexity index is 1780. The fraction of sp³-hybridized carbons (Fsp3) is 0.324. The van der Waals surface area contributed by atoms with E-state index >= 15 is 0 Å². The first-order chi connectivity index (χ1) is 19.6. The Balaban J connectivity index is 1.49. The van der Waals surface area contributed by atoms with Gasteiger partial charge in [-0.2, -0.15) is 13.2 Å². The van der Waals surface area contributed by atoms with Crippen LogP contribution in [0.3, 0.4) is 0 Å². The van der Waals surface area contributed by atoms with Gasteiger partial charge in [-0.15, -0.1) is 0 Å². The molecule has 2 unspecified atom stereocenters. The highest BCUT2D eigenvalue weighted by molar-refractivity contribution is 5.82. The number of halogens is 3. The highest BCUT2D eigenvalue weighted by Crippen LogP contribution is 2.39. The number of rotatable bonds is 3. The average Bonchev–Trinajstić information content (AvgIpc) is 3.19. The van der Waals surface area contributed by atoms with Gasteiger partial charge < -0.3 is 14.6 Å². The van der Waals surface area contributed by atoms with Crippen molar-refractivity contribution < 1.29 is 17.9 Å². The van der Waals surface area contributed by atoms with Crippen LogP contribution in [-0.2, 0) is 6.54 Å². The number of nitrogens with zero attached hydrogens (tertiary/aromatic N) is 2. The van der Waals surface area contributed by atoms with E-state index in [1.54, 1.807) is 6.92 Å². The molecule has 2 aliphatic rings. The molecule has 1 aromatic heterocycles. The first-order valence-electron chi connectivity index (χ1n) is 14.2. The summed E-state index contributed by atoms with van der Waals surface area (Å²) in [6.07, 6.45) is -2.36. The second-order valence-electron chi connectivity index (χ2n) is 11.1. The molecular formula is C34H34F3N3O. The number of aromatic amines is 1. The van der Waals surface area contributed by atoms with Crippen LogP contribution >= 0.6 is 0 Å². The lowest BCUT2D eigenvalue weighted by Gasteiger charge is -2.33. The Labute approximate surface area is 237 Å². The second kappa shape index (κ2) is 10.4. The maximum absolute atomic E-state index is 14.4. The average molecular weight is 558 g/mol. The molecule has 0 saturated carbocycles. The number of aryl methyl sites for hydroxylation is 1. The molecule has 4 aromatic rings. The minimum atomic E-state index is -4.40. The van der Waals surface area contributed by atoms with Crippen molar-refractivity contribution in [2.24, 2.45) is 11.8 Å². The third-order valence-corrected chi connectivity index (χ3v) is 8.56. The highest BCUT2D eigenvalue weighted by Gasteiger charge is 2.39. The van der Waals surface area contributed by atoms with Gasteiger partial charge in [0.25, 0.3) is 0 Å². The molecule has 0 saturated heterocycles. The van der Waals surface area contributed by atoms with Crippen LogP contribution in [0.2, 0.25) is 0 Å². The zero-order chi connectivity index (χ0) is 28.9. The minimum Gasteiger partial charge on any atom is -0.491 e. The van der Waals surface area contributed by atoms with Gasteiger partial charge in [0.2, 0.25) is 0 Å². The van der Waals surface area contributed by atoms with E-state index in [0.717, 1.165) is 61.0 Å². The van der Waals surface area contributed by atoms with Crippen molar-refractivity contribution in [1.29, 1.82) is 0 Å². The van der Waals surface area contributed by atoms with Gasteiger partial charge >= 0.3 is 6.18 Å². The second-order valence-corrected chi connectivity index (χ2v) is 11.1. The van der Waals surface area contributed by atoms with Crippen LogP contribution in [0, 0.1) is 18.8 Å². The van der Waals surface area contributed by atoms with Crippen LogP contribution in [0.1, 0.15) is 38.6 Å². The van der Waals surface area contributed by atoms with E-state index in [4.69, 9.17) is 4.74 Å². The molecule has 0 radical (unpaired) electrons. The van der Waals surface area contributed by atoms with E-state index in [0.29, 0.717) is 26.1 Å². The number of alkyl halides is 3. The highest BCUT2D eigenvalue weighted by atomic mass is 19.4. The molecule has 2 heterocycles. The van der Waals surface area contributed by atoms with E-state index in [9.17, 15) is 13.2 Å². The van der Waals surface area contributed by atoms with Crippen molar-refractivity contribution in [3.63, 3.8) is 0 Å². The van der Waals surface area contributed by atoms with E-state index < -0.39 is 17.7 Å². The van der Waals surface area contributed by atoms with Crippen molar-refractivity contribution in [2.75, 3.05) is 13.2 Å². The lowest BCUT2D eigenvalue weighted by molar-refractivity contribution is -0.0968. The number of fused-ring (bicyclic) bond motifs is 3. The summed E-state index contributed by atoms with van der Waals surface area (Å²) in [5.41, 5.74) is 6.22. The summed E-state index contributed by atoms with van der Waals surface area (Å²) in [5, 5.41) is 1.88. The summed E-state index contributed by atoms with van der Waals surface area (Å²) in [6.45, 7) is 8.97. The van der Waals surface area contributed by atoms with Gasteiger partial charge in [0.15, 0.2) is 0 Å². The topological polar surface area (TPSA) is 41.1 Å². The van der Waals surface area contributed by atoms with E-state index in [-0.39, 0.29) is 5.92 Å². The Kier molecular flexibility index (Phi) is 6.92. The predicted octanol–water partition coefficient (Wildman–Crippen LogP) is 6.88. The number of benzene rings is 3. The summed E-state index contributed by atoms with van der Waals surface area (Å²) >= 11 is 0. The van der Waals surface area contributed by atoms with Crippen LogP contribution in [0.5, 0.6) is 5.75 Å². The standard InChI is InChI=1S/C34H34F3N3O/c1-5-23-17-29(34(35,36)37)21(3)20(2)27-8-6-7-9-28(27)33(23)40-14-15-41-32-13-11-24(16-26(32)19-40)25-10-12-30-31(18-25)39-22(4)38-30/h6-13,16-18,21,23H,5,14-15,19H2,1-4H3,(H,38,39). The number of ether oxygens (including phenoxy) is 1. The van der Waals surface area contributed by atoms with E-state index in [1.165, 1.54) is 6.08 Å². The Morgan fingerprint density at radius 3 is 2.49 bits per heavy atom. The number of imidazole rings is 1. The van der Waals surface area contributed by atoms with E-state index in [1.807, 2.05) is 51.1 Å². The van der Waals surface area contributed by atoms with Crippen molar-refractivity contribution in [2.45, 2.75) is 46.8 Å². The molecule has 6 rings (SSSR count). The predicted molar refractivity (Wildman–Crippen MR) is 157 cm³/mol. The molecule has 3 aromatic carbocycles. The first-order valence-corrected chi connectivity index (χ1v) is 14.2. The van der Waals surface area contributed by atoms with Gasteiger partial charge in [0.1, 0.15) is 18.2 Å². The smallest absolute Gasteiger partial charge is 0.412 e. The van der Waals surface area contributed by atoms with Crippen LogP contribution in [0.4, 0.5) is 13.2 Å².